The van der Waals surface area contributed by atoms with Crippen LogP contribution in [0.4, 0.5) is 0 Å². The molecular formula is C28H19I2NO3. The van der Waals surface area contributed by atoms with Gasteiger partial charge >= 0.3 is 5.97 Å². The molecule has 0 aliphatic carbocycles. The number of esters is 1. The SMILES string of the molecule is Cc1cccc(COc2c(I)cc(/C=C3/N=C(c4cccc5ccccc45)OC3=O)cc2I)c1. The molecule has 0 unspecified atom stereocenters. The fourth-order valence-corrected chi connectivity index (χ4v) is 5.98. The van der Waals surface area contributed by atoms with Crippen LogP contribution in [-0.4, -0.2) is 11.9 Å². The molecule has 1 aliphatic heterocycles. The molecule has 0 saturated carbocycles. The third-order valence-electron chi connectivity index (χ3n) is 5.43. The Kier molecular flexibility index (Phi) is 6.69. The van der Waals surface area contributed by atoms with Crippen molar-refractivity contribution in [2.45, 2.75) is 13.5 Å². The normalized spacial score (nSPS) is 14.4. The molecule has 1 heterocycles. The van der Waals surface area contributed by atoms with Gasteiger partial charge in [0, 0.05) is 5.56 Å². The highest BCUT2D eigenvalue weighted by atomic mass is 127. The molecule has 0 aromatic heterocycles. The fourth-order valence-electron chi connectivity index (χ4n) is 3.85. The molecule has 0 saturated heterocycles. The number of carbonyl (C=O) groups is 1. The molecule has 0 N–H and O–H groups in total. The van der Waals surface area contributed by atoms with Crippen LogP contribution in [0.5, 0.6) is 5.75 Å². The second kappa shape index (κ2) is 9.87. The second-order valence-corrected chi connectivity index (χ2v) is 10.3. The monoisotopic (exact) mass is 671 g/mol. The van der Waals surface area contributed by atoms with Gasteiger partial charge in [-0.3, -0.25) is 0 Å². The van der Waals surface area contributed by atoms with Gasteiger partial charge in [0.15, 0.2) is 5.70 Å². The molecule has 6 heteroatoms. The number of aliphatic imine (C=N–C) groups is 1. The summed E-state index contributed by atoms with van der Waals surface area (Å²) in [6, 6.07) is 26.1. The quantitative estimate of drug-likeness (QED) is 0.127. The highest BCUT2D eigenvalue weighted by molar-refractivity contribution is 14.1. The molecule has 0 fully saturated rings. The van der Waals surface area contributed by atoms with Crippen molar-refractivity contribution in [1.82, 2.24) is 0 Å². The van der Waals surface area contributed by atoms with E-state index in [1.807, 2.05) is 60.7 Å². The number of rotatable bonds is 5. The van der Waals surface area contributed by atoms with Crippen LogP contribution in [0, 0.1) is 14.1 Å². The maximum atomic E-state index is 12.6. The van der Waals surface area contributed by atoms with Gasteiger partial charge in [0.2, 0.25) is 5.90 Å². The van der Waals surface area contributed by atoms with E-state index in [2.05, 4.69) is 75.3 Å². The van der Waals surface area contributed by atoms with E-state index in [-0.39, 0.29) is 5.70 Å². The van der Waals surface area contributed by atoms with Gasteiger partial charge in [-0.2, -0.15) is 0 Å². The number of nitrogens with zero attached hydrogens (tertiary/aromatic N) is 1. The molecule has 4 nitrogen and oxygen atoms in total. The van der Waals surface area contributed by atoms with Gasteiger partial charge in [0.25, 0.3) is 0 Å². The molecule has 5 rings (SSSR count). The molecular weight excluding hydrogens is 652 g/mol. The minimum absolute atomic E-state index is 0.281. The van der Waals surface area contributed by atoms with E-state index in [1.54, 1.807) is 6.08 Å². The first-order valence-electron chi connectivity index (χ1n) is 10.7. The minimum atomic E-state index is -0.451. The number of fused-ring (bicyclic) bond motifs is 1. The maximum Gasteiger partial charge on any atom is 0.363 e. The largest absolute Gasteiger partial charge is 0.487 e. The molecule has 1 aliphatic rings. The predicted molar refractivity (Wildman–Crippen MR) is 152 cm³/mol. The fraction of sp³-hybridized carbons (Fsp3) is 0.0714. The Balaban J connectivity index is 1.41. The third-order valence-corrected chi connectivity index (χ3v) is 7.03. The van der Waals surface area contributed by atoms with E-state index in [0.29, 0.717) is 12.5 Å². The summed E-state index contributed by atoms with van der Waals surface area (Å²) >= 11 is 4.53. The van der Waals surface area contributed by atoms with Crippen LogP contribution in [0.15, 0.2) is 89.6 Å². The number of benzene rings is 4. The molecule has 0 amide bonds. The molecule has 0 bridgehead atoms. The van der Waals surface area contributed by atoms with Gasteiger partial charge in [0.05, 0.1) is 7.14 Å². The van der Waals surface area contributed by atoms with Crippen molar-refractivity contribution in [3.63, 3.8) is 0 Å². The maximum absolute atomic E-state index is 12.6. The minimum Gasteiger partial charge on any atom is -0.487 e. The Labute approximate surface area is 225 Å². The van der Waals surface area contributed by atoms with E-state index in [9.17, 15) is 4.79 Å². The number of halogens is 2. The highest BCUT2D eigenvalue weighted by Crippen LogP contribution is 2.31. The van der Waals surface area contributed by atoms with Crippen LogP contribution in [0.25, 0.3) is 16.8 Å². The van der Waals surface area contributed by atoms with Crippen LogP contribution in [0.3, 0.4) is 0 Å². The van der Waals surface area contributed by atoms with E-state index >= 15 is 0 Å². The van der Waals surface area contributed by atoms with Crippen LogP contribution in [0.1, 0.15) is 22.3 Å². The summed E-state index contributed by atoms with van der Waals surface area (Å²) in [6.07, 6.45) is 1.76. The first-order valence-corrected chi connectivity index (χ1v) is 12.8. The van der Waals surface area contributed by atoms with Crippen LogP contribution in [0.2, 0.25) is 0 Å². The molecule has 0 atom stereocenters. The van der Waals surface area contributed by atoms with Gasteiger partial charge in [-0.15, -0.1) is 0 Å². The lowest BCUT2D eigenvalue weighted by Crippen LogP contribution is -2.06. The van der Waals surface area contributed by atoms with E-state index in [4.69, 9.17) is 9.47 Å². The van der Waals surface area contributed by atoms with Gasteiger partial charge in [-0.1, -0.05) is 66.2 Å². The Morgan fingerprint density at radius 2 is 1.68 bits per heavy atom. The number of ether oxygens (including phenoxy) is 2. The number of hydrogen-bond acceptors (Lipinski definition) is 4. The van der Waals surface area contributed by atoms with E-state index in [1.165, 1.54) is 5.56 Å². The summed E-state index contributed by atoms with van der Waals surface area (Å²) in [5.41, 5.74) is 4.29. The summed E-state index contributed by atoms with van der Waals surface area (Å²) < 4.78 is 13.6. The number of hydrogen-bond donors (Lipinski definition) is 0. The van der Waals surface area contributed by atoms with Crippen molar-refractivity contribution in [3.05, 3.63) is 114 Å². The Morgan fingerprint density at radius 3 is 2.47 bits per heavy atom. The van der Waals surface area contributed by atoms with E-state index in [0.717, 1.165) is 40.4 Å². The molecule has 4 aromatic rings. The first kappa shape index (κ1) is 23.0. The lowest BCUT2D eigenvalue weighted by molar-refractivity contribution is -0.129. The Bertz CT molecular complexity index is 1460. The molecule has 0 radical (unpaired) electrons. The predicted octanol–water partition coefficient (Wildman–Crippen LogP) is 7.28. The van der Waals surface area contributed by atoms with Crippen LogP contribution < -0.4 is 4.74 Å². The lowest BCUT2D eigenvalue weighted by atomic mass is 10.0. The molecule has 4 aromatic carbocycles. The van der Waals surface area contributed by atoms with Crippen molar-refractivity contribution in [2.75, 3.05) is 0 Å². The van der Waals surface area contributed by atoms with Crippen molar-refractivity contribution in [2.24, 2.45) is 4.99 Å². The number of aryl methyl sites for hydroxylation is 1. The highest BCUT2D eigenvalue weighted by Gasteiger charge is 2.25. The zero-order valence-corrected chi connectivity index (χ0v) is 22.5. The third kappa shape index (κ3) is 4.88. The smallest absolute Gasteiger partial charge is 0.363 e. The topological polar surface area (TPSA) is 47.9 Å². The van der Waals surface area contributed by atoms with Gasteiger partial charge in [-0.25, -0.2) is 9.79 Å². The first-order chi connectivity index (χ1) is 16.5. The lowest BCUT2D eigenvalue weighted by Gasteiger charge is -2.12. The summed E-state index contributed by atoms with van der Waals surface area (Å²) in [4.78, 5) is 17.1. The van der Waals surface area contributed by atoms with Crippen molar-refractivity contribution < 1.29 is 14.3 Å². The van der Waals surface area contributed by atoms with Crippen molar-refractivity contribution >= 4 is 73.9 Å². The van der Waals surface area contributed by atoms with Gasteiger partial charge < -0.3 is 9.47 Å². The van der Waals surface area contributed by atoms with Crippen LogP contribution >= 0.6 is 45.2 Å². The standard InChI is InChI=1S/C28H19I2NO3/c1-17-6-4-7-18(12-17)16-33-26-23(29)13-19(14-24(26)30)15-25-28(32)34-27(31-25)22-11-5-9-20-8-2-3-10-21(20)22/h2-15H,16H2,1H3/b25-15+. The zero-order valence-electron chi connectivity index (χ0n) is 18.2. The summed E-state index contributed by atoms with van der Waals surface area (Å²) in [6.45, 7) is 2.57. The van der Waals surface area contributed by atoms with Gasteiger partial charge in [-0.05, 0) is 98.3 Å². The average Bonchev–Trinajstić information content (AvgIpc) is 3.18. The summed E-state index contributed by atoms with van der Waals surface area (Å²) in [7, 11) is 0. The number of carbonyl (C=O) groups excluding carboxylic acids is 1. The van der Waals surface area contributed by atoms with Crippen LogP contribution in [-0.2, 0) is 16.1 Å². The molecule has 168 valence electrons. The Morgan fingerprint density at radius 1 is 0.941 bits per heavy atom. The summed E-state index contributed by atoms with van der Waals surface area (Å²) in [5, 5.41) is 2.07. The average molecular weight is 671 g/mol. The molecule has 34 heavy (non-hydrogen) atoms. The zero-order chi connectivity index (χ0) is 23.7. The summed E-state index contributed by atoms with van der Waals surface area (Å²) in [5.74, 6) is 0.710. The van der Waals surface area contributed by atoms with Crippen molar-refractivity contribution in [3.8, 4) is 5.75 Å². The Hall–Kier alpha value is -2.72. The number of cyclic esters (lactones) is 1. The molecule has 0 spiro atoms. The second-order valence-electron chi connectivity index (χ2n) is 7.95. The van der Waals surface area contributed by atoms with Gasteiger partial charge in [0.1, 0.15) is 12.4 Å². The van der Waals surface area contributed by atoms with E-state index < -0.39 is 5.97 Å². The van der Waals surface area contributed by atoms with Crippen molar-refractivity contribution in [1.29, 1.82) is 0 Å².